The molecule has 4 aliphatic rings. The van der Waals surface area contributed by atoms with Crippen molar-refractivity contribution < 1.29 is 4.79 Å². The Bertz CT molecular complexity index is 786. The van der Waals surface area contributed by atoms with Gasteiger partial charge in [0.05, 0.1) is 5.69 Å². The first-order chi connectivity index (χ1) is 17.3. The van der Waals surface area contributed by atoms with Crippen molar-refractivity contribution in [2.24, 2.45) is 11.8 Å². The molecule has 4 nitrogen and oxygen atoms in total. The number of hydrogen-bond acceptors (Lipinski definition) is 3. The highest BCUT2D eigenvalue weighted by Crippen LogP contribution is 2.40. The quantitative estimate of drug-likeness (QED) is 0.397. The van der Waals surface area contributed by atoms with Gasteiger partial charge in [-0.25, -0.2) is 4.98 Å². The summed E-state index contributed by atoms with van der Waals surface area (Å²) in [4.78, 5) is 24.3. The van der Waals surface area contributed by atoms with E-state index in [1.807, 2.05) is 6.20 Å². The van der Waals surface area contributed by atoms with Crippen molar-refractivity contribution in [1.29, 1.82) is 0 Å². The van der Waals surface area contributed by atoms with Crippen LogP contribution in [0.5, 0.6) is 0 Å². The van der Waals surface area contributed by atoms with Crippen LogP contribution in [0, 0.1) is 11.8 Å². The summed E-state index contributed by atoms with van der Waals surface area (Å²) in [6, 6.07) is 5.26. The van der Waals surface area contributed by atoms with Gasteiger partial charge in [-0.1, -0.05) is 77.0 Å². The third-order valence-corrected chi connectivity index (χ3v) is 9.62. The number of anilines is 2. The first kappa shape index (κ1) is 25.1. The van der Waals surface area contributed by atoms with Crippen LogP contribution in [0.4, 0.5) is 11.5 Å². The fourth-order valence-corrected chi connectivity index (χ4v) is 7.63. The van der Waals surface area contributed by atoms with Crippen LogP contribution in [-0.4, -0.2) is 29.5 Å². The third-order valence-electron chi connectivity index (χ3n) is 9.62. The maximum absolute atomic E-state index is 14.2. The number of pyridine rings is 1. The summed E-state index contributed by atoms with van der Waals surface area (Å²) < 4.78 is 0. The Morgan fingerprint density at radius 3 is 1.89 bits per heavy atom. The molecule has 0 unspecified atom stereocenters. The Hall–Kier alpha value is -1.58. The fraction of sp³-hybridized carbons (Fsp3) is 0.806. The van der Waals surface area contributed by atoms with Crippen molar-refractivity contribution in [3.8, 4) is 0 Å². The molecule has 4 saturated carbocycles. The Kier molecular flexibility index (Phi) is 9.02. The first-order valence-corrected chi connectivity index (χ1v) is 15.4. The van der Waals surface area contributed by atoms with Gasteiger partial charge in [0.15, 0.2) is 5.82 Å². The molecular weight excluding hydrogens is 430 g/mol. The largest absolute Gasteiger partial charge is 0.352 e. The SMILES string of the molecule is O=C(C1CCCCC1)N(c1cccnc1N(CC1CCCCC1)C1CCCCC1)C1CCCCC1. The number of nitrogens with zero attached hydrogens (tertiary/aromatic N) is 3. The normalized spacial score (nSPS) is 23.8. The van der Waals surface area contributed by atoms with Gasteiger partial charge in [0.25, 0.3) is 0 Å². The molecule has 4 fully saturated rings. The minimum Gasteiger partial charge on any atom is -0.352 e. The highest BCUT2D eigenvalue weighted by Gasteiger charge is 2.36. The standard InChI is InChI=1S/C31H49N3O/c35-31(26-16-7-2-8-17-26)34(28-20-11-4-12-21-28)29-22-13-23-32-30(29)33(27-18-9-3-10-19-27)24-25-14-5-1-6-15-25/h13,22-23,25-28H,1-12,14-21,24H2. The molecule has 0 N–H and O–H groups in total. The summed E-state index contributed by atoms with van der Waals surface area (Å²) >= 11 is 0. The van der Waals surface area contributed by atoms with Gasteiger partial charge in [-0.15, -0.1) is 0 Å². The molecule has 0 spiro atoms. The fourth-order valence-electron chi connectivity index (χ4n) is 7.63. The summed E-state index contributed by atoms with van der Waals surface area (Å²) in [5.41, 5.74) is 1.14. The minimum atomic E-state index is 0.209. The van der Waals surface area contributed by atoms with Crippen LogP contribution in [0.25, 0.3) is 0 Å². The van der Waals surface area contributed by atoms with Gasteiger partial charge in [-0.2, -0.15) is 0 Å². The van der Waals surface area contributed by atoms with E-state index in [1.165, 1.54) is 103 Å². The van der Waals surface area contributed by atoms with E-state index in [0.29, 0.717) is 18.0 Å². The molecule has 0 bridgehead atoms. The van der Waals surface area contributed by atoms with Crippen LogP contribution in [0.2, 0.25) is 0 Å². The number of carbonyl (C=O) groups excluding carboxylic acids is 1. The zero-order valence-corrected chi connectivity index (χ0v) is 22.1. The van der Waals surface area contributed by atoms with Gasteiger partial charge in [0.2, 0.25) is 5.91 Å². The molecular formula is C31H49N3O. The minimum absolute atomic E-state index is 0.209. The van der Waals surface area contributed by atoms with Crippen molar-refractivity contribution in [2.45, 2.75) is 141 Å². The van der Waals surface area contributed by atoms with Gasteiger partial charge in [0.1, 0.15) is 0 Å². The maximum atomic E-state index is 14.2. The van der Waals surface area contributed by atoms with E-state index in [-0.39, 0.29) is 5.92 Å². The molecule has 4 heteroatoms. The van der Waals surface area contributed by atoms with E-state index < -0.39 is 0 Å². The van der Waals surface area contributed by atoms with E-state index in [0.717, 1.165) is 49.7 Å². The van der Waals surface area contributed by atoms with Gasteiger partial charge >= 0.3 is 0 Å². The second-order valence-corrected chi connectivity index (χ2v) is 12.1. The number of rotatable bonds is 7. The van der Waals surface area contributed by atoms with Crippen molar-refractivity contribution in [3.63, 3.8) is 0 Å². The lowest BCUT2D eigenvalue weighted by Crippen LogP contribution is -2.47. The summed E-state index contributed by atoms with van der Waals surface area (Å²) in [7, 11) is 0. The van der Waals surface area contributed by atoms with Crippen LogP contribution in [-0.2, 0) is 4.79 Å². The maximum Gasteiger partial charge on any atom is 0.230 e. The lowest BCUT2D eigenvalue weighted by atomic mass is 9.86. The predicted octanol–water partition coefficient (Wildman–Crippen LogP) is 8.05. The topological polar surface area (TPSA) is 36.4 Å². The number of hydrogen-bond donors (Lipinski definition) is 0. The van der Waals surface area contributed by atoms with E-state index in [4.69, 9.17) is 4.98 Å². The van der Waals surface area contributed by atoms with Crippen LogP contribution < -0.4 is 9.80 Å². The molecule has 35 heavy (non-hydrogen) atoms. The molecule has 0 atom stereocenters. The van der Waals surface area contributed by atoms with E-state index in [2.05, 4.69) is 21.9 Å². The van der Waals surface area contributed by atoms with Gasteiger partial charge in [-0.05, 0) is 69.4 Å². The molecule has 0 radical (unpaired) electrons. The van der Waals surface area contributed by atoms with Gasteiger partial charge in [-0.3, -0.25) is 4.79 Å². The second-order valence-electron chi connectivity index (χ2n) is 12.1. The van der Waals surface area contributed by atoms with Crippen molar-refractivity contribution in [2.75, 3.05) is 16.3 Å². The Balaban J connectivity index is 1.49. The Morgan fingerprint density at radius 2 is 1.26 bits per heavy atom. The third kappa shape index (κ3) is 6.23. The van der Waals surface area contributed by atoms with Crippen LogP contribution in [0.15, 0.2) is 18.3 Å². The molecule has 0 aliphatic heterocycles. The monoisotopic (exact) mass is 479 g/mol. The zero-order valence-electron chi connectivity index (χ0n) is 22.1. The average molecular weight is 480 g/mol. The highest BCUT2D eigenvalue weighted by atomic mass is 16.2. The molecule has 0 aromatic carbocycles. The van der Waals surface area contributed by atoms with E-state index >= 15 is 0 Å². The molecule has 1 amide bonds. The smallest absolute Gasteiger partial charge is 0.230 e. The number of amides is 1. The lowest BCUT2D eigenvalue weighted by molar-refractivity contribution is -0.124. The molecule has 194 valence electrons. The lowest BCUT2D eigenvalue weighted by Gasteiger charge is -2.42. The molecule has 0 saturated heterocycles. The molecule has 1 aromatic heterocycles. The Labute approximate surface area is 214 Å². The molecule has 1 aromatic rings. The Morgan fingerprint density at radius 1 is 0.714 bits per heavy atom. The molecule has 4 aliphatic carbocycles. The number of aromatic nitrogens is 1. The van der Waals surface area contributed by atoms with Gasteiger partial charge < -0.3 is 9.80 Å². The highest BCUT2D eigenvalue weighted by molar-refractivity contribution is 5.98. The number of carbonyl (C=O) groups is 1. The summed E-state index contributed by atoms with van der Waals surface area (Å²) in [6.45, 7) is 1.13. The van der Waals surface area contributed by atoms with Crippen molar-refractivity contribution in [1.82, 2.24) is 4.98 Å². The van der Waals surface area contributed by atoms with Crippen LogP contribution in [0.1, 0.15) is 128 Å². The van der Waals surface area contributed by atoms with Crippen LogP contribution >= 0.6 is 0 Å². The summed E-state index contributed by atoms with van der Waals surface area (Å²) in [6.07, 6.45) is 27.5. The first-order valence-electron chi connectivity index (χ1n) is 15.4. The summed E-state index contributed by atoms with van der Waals surface area (Å²) in [5, 5.41) is 0. The average Bonchev–Trinajstić information content (AvgIpc) is 2.94. The second kappa shape index (κ2) is 12.6. The van der Waals surface area contributed by atoms with E-state index in [1.54, 1.807) is 0 Å². The van der Waals surface area contributed by atoms with Crippen LogP contribution in [0.3, 0.4) is 0 Å². The van der Waals surface area contributed by atoms with Crippen molar-refractivity contribution >= 4 is 17.4 Å². The predicted molar refractivity (Wildman–Crippen MR) is 146 cm³/mol. The molecule has 1 heterocycles. The van der Waals surface area contributed by atoms with E-state index in [9.17, 15) is 4.79 Å². The zero-order chi connectivity index (χ0) is 23.9. The van der Waals surface area contributed by atoms with Gasteiger partial charge in [0, 0.05) is 30.7 Å². The molecule has 5 rings (SSSR count). The summed E-state index contributed by atoms with van der Waals surface area (Å²) in [5.74, 6) is 2.52. The van der Waals surface area contributed by atoms with Crippen molar-refractivity contribution in [3.05, 3.63) is 18.3 Å².